The number of likely N-dealkylation sites (tertiary alicyclic amines) is 1. The van der Waals surface area contributed by atoms with Crippen molar-refractivity contribution in [2.75, 3.05) is 52.5 Å². The summed E-state index contributed by atoms with van der Waals surface area (Å²) < 4.78 is 5.38. The Hall–Kier alpha value is -0.0700. The third kappa shape index (κ3) is 5.85. The molecule has 1 amide bonds. The van der Waals surface area contributed by atoms with Crippen molar-refractivity contribution in [1.29, 1.82) is 0 Å². The molecule has 132 valence electrons. The highest BCUT2D eigenvalue weighted by Gasteiger charge is 2.33. The molecule has 0 unspecified atom stereocenters. The third-order valence-electron chi connectivity index (χ3n) is 4.61. The Kier molecular flexibility index (Phi) is 9.90. The summed E-state index contributed by atoms with van der Waals surface area (Å²) in [6, 6.07) is 0. The van der Waals surface area contributed by atoms with Crippen LogP contribution in [0.2, 0.25) is 0 Å². The van der Waals surface area contributed by atoms with Gasteiger partial charge in [0, 0.05) is 39.3 Å². The van der Waals surface area contributed by atoms with E-state index < -0.39 is 5.41 Å². The van der Waals surface area contributed by atoms with Gasteiger partial charge in [-0.3, -0.25) is 9.69 Å². The second-order valence-corrected chi connectivity index (χ2v) is 6.74. The van der Waals surface area contributed by atoms with Crippen molar-refractivity contribution in [3.05, 3.63) is 0 Å². The summed E-state index contributed by atoms with van der Waals surface area (Å²) in [5.74, 6) is 0.933. The van der Waals surface area contributed by atoms with Gasteiger partial charge in [0.15, 0.2) is 0 Å². The van der Waals surface area contributed by atoms with Crippen LogP contribution in [0.15, 0.2) is 0 Å². The summed E-state index contributed by atoms with van der Waals surface area (Å²) in [6.45, 7) is 11.1. The van der Waals surface area contributed by atoms with Crippen molar-refractivity contribution < 1.29 is 9.53 Å². The quantitative estimate of drug-likeness (QED) is 0.827. The number of halogens is 2. The molecular formula is C15H31Cl2N3O2. The number of hydrogen-bond donors (Lipinski definition) is 1. The van der Waals surface area contributed by atoms with Gasteiger partial charge in [-0.25, -0.2) is 0 Å². The monoisotopic (exact) mass is 355 g/mol. The molecule has 0 aromatic heterocycles. The normalized spacial score (nSPS) is 21.0. The standard InChI is InChI=1S/C15H29N3O2.2ClH/c1-15(2,12-16)14(19)18-5-3-13(4-6-18)11-17-7-9-20-10-8-17;;/h13H,3-12,16H2,1-2H3;2*1H. The van der Waals surface area contributed by atoms with Gasteiger partial charge in [-0.05, 0) is 32.6 Å². The Bertz CT molecular complexity index is 329. The lowest BCUT2D eigenvalue weighted by Crippen LogP contribution is -2.49. The Morgan fingerprint density at radius 2 is 1.68 bits per heavy atom. The molecule has 0 aromatic rings. The molecule has 2 aliphatic heterocycles. The van der Waals surface area contributed by atoms with E-state index in [1.807, 2.05) is 18.7 Å². The first-order valence-electron chi connectivity index (χ1n) is 7.82. The van der Waals surface area contributed by atoms with Gasteiger partial charge < -0.3 is 15.4 Å². The molecule has 2 saturated heterocycles. The van der Waals surface area contributed by atoms with Crippen LogP contribution in [0, 0.1) is 11.3 Å². The van der Waals surface area contributed by atoms with E-state index >= 15 is 0 Å². The Morgan fingerprint density at radius 1 is 1.14 bits per heavy atom. The fraction of sp³-hybridized carbons (Fsp3) is 0.933. The molecule has 2 fully saturated rings. The molecule has 0 saturated carbocycles. The Balaban J connectivity index is 0.00000220. The average molecular weight is 356 g/mol. The lowest BCUT2D eigenvalue weighted by atomic mass is 9.89. The molecule has 2 rings (SSSR count). The van der Waals surface area contributed by atoms with Crippen LogP contribution >= 0.6 is 24.8 Å². The van der Waals surface area contributed by atoms with Crippen LogP contribution in [0.25, 0.3) is 0 Å². The zero-order valence-corrected chi connectivity index (χ0v) is 15.4. The fourth-order valence-electron chi connectivity index (χ4n) is 2.98. The lowest BCUT2D eigenvalue weighted by molar-refractivity contribution is -0.141. The summed E-state index contributed by atoms with van der Waals surface area (Å²) in [5, 5.41) is 0. The number of carbonyl (C=O) groups excluding carboxylic acids is 1. The maximum absolute atomic E-state index is 12.4. The number of rotatable bonds is 4. The van der Waals surface area contributed by atoms with Gasteiger partial charge >= 0.3 is 0 Å². The van der Waals surface area contributed by atoms with Crippen LogP contribution in [-0.2, 0) is 9.53 Å². The number of amides is 1. The minimum atomic E-state index is -0.420. The van der Waals surface area contributed by atoms with Crippen molar-refractivity contribution in [1.82, 2.24) is 9.80 Å². The molecule has 2 heterocycles. The lowest BCUT2D eigenvalue weighted by Gasteiger charge is -2.38. The van der Waals surface area contributed by atoms with Crippen molar-refractivity contribution in [3.8, 4) is 0 Å². The Morgan fingerprint density at radius 3 is 2.18 bits per heavy atom. The molecule has 7 heteroatoms. The van der Waals surface area contributed by atoms with Gasteiger partial charge in [0.05, 0.1) is 18.6 Å². The smallest absolute Gasteiger partial charge is 0.229 e. The van der Waals surface area contributed by atoms with Crippen LogP contribution in [0.4, 0.5) is 0 Å². The van der Waals surface area contributed by atoms with E-state index in [2.05, 4.69) is 4.90 Å². The van der Waals surface area contributed by atoms with Crippen LogP contribution in [-0.4, -0.2) is 68.2 Å². The number of piperidine rings is 1. The topological polar surface area (TPSA) is 58.8 Å². The highest BCUT2D eigenvalue weighted by molar-refractivity contribution is 5.85. The van der Waals surface area contributed by atoms with E-state index in [4.69, 9.17) is 10.5 Å². The summed E-state index contributed by atoms with van der Waals surface area (Å²) >= 11 is 0. The van der Waals surface area contributed by atoms with E-state index in [1.54, 1.807) is 0 Å². The number of hydrogen-bond acceptors (Lipinski definition) is 4. The maximum atomic E-state index is 12.4. The minimum Gasteiger partial charge on any atom is -0.379 e. The molecular weight excluding hydrogens is 325 g/mol. The van der Waals surface area contributed by atoms with E-state index in [-0.39, 0.29) is 30.7 Å². The molecule has 0 aromatic carbocycles. The van der Waals surface area contributed by atoms with E-state index in [1.165, 1.54) is 0 Å². The SMILES string of the molecule is CC(C)(CN)C(=O)N1CCC(CN2CCOCC2)CC1.Cl.Cl. The summed E-state index contributed by atoms with van der Waals surface area (Å²) in [6.07, 6.45) is 2.23. The maximum Gasteiger partial charge on any atom is 0.229 e. The number of nitrogens with zero attached hydrogens (tertiary/aromatic N) is 2. The molecule has 2 N–H and O–H groups in total. The number of nitrogens with two attached hydrogens (primary N) is 1. The highest BCUT2D eigenvalue weighted by Crippen LogP contribution is 2.24. The first-order chi connectivity index (χ1) is 9.53. The van der Waals surface area contributed by atoms with Gasteiger partial charge in [0.2, 0.25) is 5.91 Å². The van der Waals surface area contributed by atoms with Crippen LogP contribution in [0.5, 0.6) is 0 Å². The van der Waals surface area contributed by atoms with Gasteiger partial charge in [0.25, 0.3) is 0 Å². The molecule has 0 spiro atoms. The second kappa shape index (κ2) is 9.93. The zero-order chi connectivity index (χ0) is 14.6. The van der Waals surface area contributed by atoms with Gasteiger partial charge in [-0.2, -0.15) is 0 Å². The van der Waals surface area contributed by atoms with Gasteiger partial charge in [-0.1, -0.05) is 0 Å². The minimum absolute atomic E-state index is 0. The predicted octanol–water partition coefficient (Wildman–Crippen LogP) is 1.39. The van der Waals surface area contributed by atoms with E-state index in [9.17, 15) is 4.79 Å². The average Bonchev–Trinajstić information content (AvgIpc) is 2.48. The summed E-state index contributed by atoms with van der Waals surface area (Å²) in [7, 11) is 0. The van der Waals surface area contributed by atoms with Crippen LogP contribution in [0.3, 0.4) is 0 Å². The van der Waals surface area contributed by atoms with Crippen molar-refractivity contribution in [2.45, 2.75) is 26.7 Å². The first kappa shape index (κ1) is 21.9. The molecule has 0 aliphatic carbocycles. The van der Waals surface area contributed by atoms with Gasteiger partial charge in [-0.15, -0.1) is 24.8 Å². The molecule has 0 radical (unpaired) electrons. The van der Waals surface area contributed by atoms with E-state index in [0.29, 0.717) is 6.54 Å². The van der Waals surface area contributed by atoms with Crippen molar-refractivity contribution >= 4 is 30.7 Å². The van der Waals surface area contributed by atoms with Gasteiger partial charge in [0.1, 0.15) is 0 Å². The molecule has 0 bridgehead atoms. The van der Waals surface area contributed by atoms with E-state index in [0.717, 1.165) is 64.7 Å². The fourth-order valence-corrected chi connectivity index (χ4v) is 2.98. The summed E-state index contributed by atoms with van der Waals surface area (Å²) in [4.78, 5) is 16.9. The number of ether oxygens (including phenoxy) is 1. The first-order valence-corrected chi connectivity index (χ1v) is 7.82. The molecule has 0 atom stereocenters. The molecule has 5 nitrogen and oxygen atoms in total. The molecule has 2 aliphatic rings. The second-order valence-electron chi connectivity index (χ2n) is 6.74. The van der Waals surface area contributed by atoms with Crippen molar-refractivity contribution in [3.63, 3.8) is 0 Å². The molecule has 22 heavy (non-hydrogen) atoms. The van der Waals surface area contributed by atoms with Crippen LogP contribution in [0.1, 0.15) is 26.7 Å². The number of carbonyl (C=O) groups is 1. The largest absolute Gasteiger partial charge is 0.379 e. The van der Waals surface area contributed by atoms with Crippen LogP contribution < -0.4 is 5.73 Å². The van der Waals surface area contributed by atoms with Crippen molar-refractivity contribution in [2.24, 2.45) is 17.1 Å². The predicted molar refractivity (Wildman–Crippen MR) is 93.9 cm³/mol. The summed E-state index contributed by atoms with van der Waals surface area (Å²) in [5.41, 5.74) is 5.28. The third-order valence-corrected chi connectivity index (χ3v) is 4.61. The Labute approximate surface area is 146 Å². The number of morpholine rings is 1. The zero-order valence-electron chi connectivity index (χ0n) is 13.8. The highest BCUT2D eigenvalue weighted by atomic mass is 35.5.